The molecule has 180 valence electrons. The normalized spacial score (nSPS) is 54.3. The molecule has 0 aromatic heterocycles. The van der Waals surface area contributed by atoms with Crippen molar-refractivity contribution in [1.82, 2.24) is 0 Å². The van der Waals surface area contributed by atoms with Crippen molar-refractivity contribution in [3.8, 4) is 0 Å². The zero-order valence-electron chi connectivity index (χ0n) is 21.3. The van der Waals surface area contributed by atoms with Crippen LogP contribution in [-0.4, -0.2) is 22.3 Å². The number of aliphatic hydroxyl groups excluding tert-OH is 1. The van der Waals surface area contributed by atoms with E-state index in [-0.39, 0.29) is 28.3 Å². The number of rotatable bonds is 1. The summed E-state index contributed by atoms with van der Waals surface area (Å²) in [6.45, 7) is 14.4. The van der Waals surface area contributed by atoms with Crippen molar-refractivity contribution in [3.63, 3.8) is 0 Å². The van der Waals surface area contributed by atoms with Gasteiger partial charge in [0.15, 0.2) is 0 Å². The Balaban J connectivity index is 1.56. The molecule has 0 bridgehead atoms. The van der Waals surface area contributed by atoms with E-state index in [0.29, 0.717) is 29.6 Å². The minimum absolute atomic E-state index is 0.0172. The summed E-state index contributed by atoms with van der Waals surface area (Å²) < 4.78 is 0. The Hall–Kier alpha value is -0.830. The molecule has 5 aliphatic carbocycles. The van der Waals surface area contributed by atoms with Crippen molar-refractivity contribution >= 4 is 5.97 Å². The lowest BCUT2D eigenvalue weighted by Gasteiger charge is -2.68. The third kappa shape index (κ3) is 2.72. The van der Waals surface area contributed by atoms with Gasteiger partial charge in [-0.05, 0) is 110 Å². The van der Waals surface area contributed by atoms with Crippen LogP contribution in [0, 0.1) is 57.2 Å². The fourth-order valence-corrected chi connectivity index (χ4v) is 10.5. The van der Waals surface area contributed by atoms with E-state index >= 15 is 0 Å². The first-order chi connectivity index (χ1) is 14.9. The summed E-state index contributed by atoms with van der Waals surface area (Å²) in [6, 6.07) is 0. The molecule has 10 atom stereocenters. The van der Waals surface area contributed by atoms with Crippen LogP contribution >= 0.6 is 0 Å². The number of carboxylic acids is 1. The van der Waals surface area contributed by atoms with Crippen LogP contribution in [0.1, 0.15) is 99.3 Å². The topological polar surface area (TPSA) is 57.5 Å². The van der Waals surface area contributed by atoms with Gasteiger partial charge in [-0.2, -0.15) is 0 Å². The maximum absolute atomic E-state index is 12.7. The van der Waals surface area contributed by atoms with Crippen LogP contribution < -0.4 is 0 Å². The van der Waals surface area contributed by atoms with E-state index in [9.17, 15) is 15.0 Å². The molecule has 0 aromatic rings. The average Bonchev–Trinajstić information content (AvgIpc) is 2.73. The highest BCUT2D eigenvalue weighted by Gasteiger charge is 2.66. The lowest BCUT2D eigenvalue weighted by molar-refractivity contribution is -0.189. The molecule has 0 spiro atoms. The fraction of sp³-hybridized carbons (Fsp3) is 0.897. The van der Waals surface area contributed by atoms with Crippen molar-refractivity contribution in [2.75, 3.05) is 0 Å². The minimum atomic E-state index is -0.536. The van der Waals surface area contributed by atoms with E-state index in [1.165, 1.54) is 18.4 Å². The number of allylic oxidation sites excluding steroid dienone is 2. The zero-order chi connectivity index (χ0) is 23.3. The molecule has 1 unspecified atom stereocenters. The largest absolute Gasteiger partial charge is 0.481 e. The van der Waals surface area contributed by atoms with Crippen LogP contribution in [0.5, 0.6) is 0 Å². The van der Waals surface area contributed by atoms with Crippen LogP contribution in [-0.2, 0) is 4.79 Å². The lowest BCUT2D eigenvalue weighted by Crippen LogP contribution is -2.62. The lowest BCUT2D eigenvalue weighted by atomic mass is 9.37. The van der Waals surface area contributed by atoms with Gasteiger partial charge < -0.3 is 10.2 Å². The average molecular weight is 443 g/mol. The summed E-state index contributed by atoms with van der Waals surface area (Å²) in [7, 11) is 0. The molecule has 0 saturated heterocycles. The molecule has 0 heterocycles. The molecule has 0 aliphatic heterocycles. The van der Waals surface area contributed by atoms with Crippen LogP contribution in [0.4, 0.5) is 0 Å². The van der Waals surface area contributed by atoms with Crippen LogP contribution in [0.25, 0.3) is 0 Å². The van der Waals surface area contributed by atoms with Crippen molar-refractivity contribution in [2.24, 2.45) is 57.2 Å². The molecular weight excluding hydrogens is 396 g/mol. The van der Waals surface area contributed by atoms with Gasteiger partial charge in [0, 0.05) is 0 Å². The first-order valence-corrected chi connectivity index (χ1v) is 13.5. The molecule has 2 N–H and O–H groups in total. The van der Waals surface area contributed by atoms with E-state index in [4.69, 9.17) is 0 Å². The Labute approximate surface area is 195 Å². The van der Waals surface area contributed by atoms with Crippen molar-refractivity contribution < 1.29 is 15.0 Å². The van der Waals surface area contributed by atoms with Crippen molar-refractivity contribution in [2.45, 2.75) is 105 Å². The number of carboxylic acid groups (broad SMARTS) is 1. The molecular formula is C29H46O3. The molecule has 4 saturated carbocycles. The summed E-state index contributed by atoms with van der Waals surface area (Å²) in [6.07, 6.45) is 11.8. The molecule has 32 heavy (non-hydrogen) atoms. The van der Waals surface area contributed by atoms with Crippen LogP contribution in [0.3, 0.4) is 0 Å². The molecule has 3 heteroatoms. The molecule has 0 amide bonds. The number of aliphatic hydroxyl groups is 1. The van der Waals surface area contributed by atoms with E-state index in [2.05, 4.69) is 47.6 Å². The Morgan fingerprint density at radius 3 is 2.25 bits per heavy atom. The summed E-state index contributed by atoms with van der Waals surface area (Å²) in [5, 5.41) is 21.3. The SMILES string of the molecule is C[C@H]1[C@H](C)CC[C@]2(C(=O)O)CCC3C(=CC[C@@H]4[C@@]5(C)CC[C@H](O)C(C)(C)[C@@H]5CC[C@@]34C)[C@H]12. The first-order valence-electron chi connectivity index (χ1n) is 13.5. The first kappa shape index (κ1) is 22.9. The third-order valence-corrected chi connectivity index (χ3v) is 12.6. The van der Waals surface area contributed by atoms with Gasteiger partial charge in [-0.25, -0.2) is 0 Å². The molecule has 5 rings (SSSR count). The van der Waals surface area contributed by atoms with Gasteiger partial charge in [-0.3, -0.25) is 4.79 Å². The fourth-order valence-electron chi connectivity index (χ4n) is 10.5. The quantitative estimate of drug-likeness (QED) is 0.444. The molecule has 0 aromatic carbocycles. The monoisotopic (exact) mass is 442 g/mol. The zero-order valence-corrected chi connectivity index (χ0v) is 21.3. The van der Waals surface area contributed by atoms with Gasteiger partial charge in [-0.1, -0.05) is 53.2 Å². The van der Waals surface area contributed by atoms with Gasteiger partial charge in [0.25, 0.3) is 0 Å². The Morgan fingerprint density at radius 2 is 1.56 bits per heavy atom. The highest BCUT2D eigenvalue weighted by atomic mass is 16.4. The van der Waals surface area contributed by atoms with Crippen LogP contribution in [0.2, 0.25) is 0 Å². The van der Waals surface area contributed by atoms with Gasteiger partial charge in [0.05, 0.1) is 11.5 Å². The molecule has 3 nitrogen and oxygen atoms in total. The smallest absolute Gasteiger partial charge is 0.310 e. The predicted octanol–water partition coefficient (Wildman–Crippen LogP) is 6.70. The van der Waals surface area contributed by atoms with Gasteiger partial charge in [-0.15, -0.1) is 0 Å². The second-order valence-corrected chi connectivity index (χ2v) is 13.9. The van der Waals surface area contributed by atoms with Crippen LogP contribution in [0.15, 0.2) is 11.6 Å². The van der Waals surface area contributed by atoms with E-state index in [1.807, 2.05) is 0 Å². The molecule has 4 fully saturated rings. The summed E-state index contributed by atoms with van der Waals surface area (Å²) in [5.41, 5.74) is 1.52. The van der Waals surface area contributed by atoms with E-state index < -0.39 is 11.4 Å². The number of aliphatic carboxylic acids is 1. The number of hydrogen-bond acceptors (Lipinski definition) is 2. The molecule has 0 radical (unpaired) electrons. The third-order valence-electron chi connectivity index (χ3n) is 12.6. The maximum Gasteiger partial charge on any atom is 0.310 e. The summed E-state index contributed by atoms with van der Waals surface area (Å²) in [5.74, 6) is 2.49. The number of carbonyl (C=O) groups is 1. The second-order valence-electron chi connectivity index (χ2n) is 13.9. The summed E-state index contributed by atoms with van der Waals surface area (Å²) >= 11 is 0. The minimum Gasteiger partial charge on any atom is -0.481 e. The van der Waals surface area contributed by atoms with Gasteiger partial charge in [0.2, 0.25) is 0 Å². The number of hydrogen-bond donors (Lipinski definition) is 2. The summed E-state index contributed by atoms with van der Waals surface area (Å²) in [4.78, 5) is 12.7. The predicted molar refractivity (Wildman–Crippen MR) is 128 cm³/mol. The van der Waals surface area contributed by atoms with Gasteiger partial charge >= 0.3 is 5.97 Å². The highest BCUT2D eigenvalue weighted by molar-refractivity contribution is 5.76. The van der Waals surface area contributed by atoms with Crippen molar-refractivity contribution in [3.05, 3.63) is 11.6 Å². The number of fused-ring (bicyclic) bond motifs is 7. The highest BCUT2D eigenvalue weighted by Crippen LogP contribution is 2.72. The maximum atomic E-state index is 12.7. The van der Waals surface area contributed by atoms with E-state index in [1.54, 1.807) is 0 Å². The van der Waals surface area contributed by atoms with Gasteiger partial charge in [0.1, 0.15) is 0 Å². The Bertz CT molecular complexity index is 828. The van der Waals surface area contributed by atoms with Crippen molar-refractivity contribution in [1.29, 1.82) is 0 Å². The second kappa shape index (κ2) is 7.09. The Kier molecular flexibility index (Phi) is 5.08. The molecule has 5 aliphatic rings. The Morgan fingerprint density at radius 1 is 0.906 bits per heavy atom. The van der Waals surface area contributed by atoms with E-state index in [0.717, 1.165) is 44.9 Å². The standard InChI is InChI=1S/C29H46O3/c1-17-9-15-29(25(31)32)16-10-20-19(24(29)18(17)2)7-8-22-27(20,5)13-11-21-26(3,4)23(30)12-14-28(21,22)6/h7,17-18,20-24,30H,8-16H2,1-6H3,(H,31,32)/t17-,18+,20?,21+,22+,23+,24+,27+,28+,29+/m1/s1.